The summed E-state index contributed by atoms with van der Waals surface area (Å²) in [5.41, 5.74) is 5.36. The molecule has 2 rings (SSSR count). The Hall–Kier alpha value is -1.08. The van der Waals surface area contributed by atoms with Crippen molar-refractivity contribution in [1.82, 2.24) is 10.6 Å². The lowest BCUT2D eigenvalue weighted by Crippen LogP contribution is -2.38. The Morgan fingerprint density at radius 3 is 2.75 bits per heavy atom. The van der Waals surface area contributed by atoms with Crippen molar-refractivity contribution in [3.63, 3.8) is 0 Å². The SMILES string of the molecule is CCNC(=NCc1ccc(C)cc1C)NCCC1=CCOCC1.I. The lowest BCUT2D eigenvalue weighted by molar-refractivity contribution is 0.153. The third-order valence-electron chi connectivity index (χ3n) is 4.05. The van der Waals surface area contributed by atoms with Gasteiger partial charge in [0.15, 0.2) is 5.96 Å². The fourth-order valence-corrected chi connectivity index (χ4v) is 2.66. The van der Waals surface area contributed by atoms with Crippen molar-refractivity contribution in [2.24, 2.45) is 4.99 Å². The molecule has 1 aromatic carbocycles. The van der Waals surface area contributed by atoms with Gasteiger partial charge in [0.25, 0.3) is 0 Å². The highest BCUT2D eigenvalue weighted by Crippen LogP contribution is 2.12. The molecule has 0 atom stereocenters. The second-order valence-corrected chi connectivity index (χ2v) is 5.99. The maximum Gasteiger partial charge on any atom is 0.191 e. The number of hydrogen-bond acceptors (Lipinski definition) is 2. The summed E-state index contributed by atoms with van der Waals surface area (Å²) in [6, 6.07) is 6.53. The van der Waals surface area contributed by atoms with Crippen molar-refractivity contribution in [3.8, 4) is 0 Å². The highest BCUT2D eigenvalue weighted by molar-refractivity contribution is 14.0. The largest absolute Gasteiger partial charge is 0.377 e. The molecule has 0 aliphatic carbocycles. The van der Waals surface area contributed by atoms with Crippen LogP contribution < -0.4 is 10.6 Å². The van der Waals surface area contributed by atoms with E-state index in [2.05, 4.69) is 55.7 Å². The van der Waals surface area contributed by atoms with Crippen LogP contribution in [0, 0.1) is 13.8 Å². The van der Waals surface area contributed by atoms with Crippen LogP contribution >= 0.6 is 24.0 Å². The molecule has 0 saturated carbocycles. The van der Waals surface area contributed by atoms with E-state index >= 15 is 0 Å². The van der Waals surface area contributed by atoms with Crippen LogP contribution in [-0.4, -0.2) is 32.3 Å². The predicted octanol–water partition coefficient (Wildman–Crippen LogP) is 3.71. The Kier molecular flexibility index (Phi) is 10.0. The van der Waals surface area contributed by atoms with Gasteiger partial charge < -0.3 is 15.4 Å². The van der Waals surface area contributed by atoms with Gasteiger partial charge in [0.05, 0.1) is 19.8 Å². The predicted molar refractivity (Wildman–Crippen MR) is 112 cm³/mol. The number of benzene rings is 1. The van der Waals surface area contributed by atoms with E-state index in [4.69, 9.17) is 9.73 Å². The Bertz CT molecular complexity index is 570. The number of nitrogens with one attached hydrogen (secondary N) is 2. The Morgan fingerprint density at radius 2 is 2.08 bits per heavy atom. The monoisotopic (exact) mass is 443 g/mol. The van der Waals surface area contributed by atoms with E-state index in [1.807, 2.05) is 0 Å². The van der Waals surface area contributed by atoms with Crippen molar-refractivity contribution in [3.05, 3.63) is 46.5 Å². The summed E-state index contributed by atoms with van der Waals surface area (Å²) in [7, 11) is 0. The van der Waals surface area contributed by atoms with Crippen molar-refractivity contribution in [1.29, 1.82) is 0 Å². The number of halogens is 1. The Balaban J connectivity index is 0.00000288. The molecule has 0 fully saturated rings. The third-order valence-corrected chi connectivity index (χ3v) is 4.05. The number of aliphatic imine (C=N–C) groups is 1. The van der Waals surface area contributed by atoms with Crippen LogP contribution in [-0.2, 0) is 11.3 Å². The molecule has 4 nitrogen and oxygen atoms in total. The molecule has 1 aliphatic rings. The molecule has 0 radical (unpaired) electrons. The summed E-state index contributed by atoms with van der Waals surface area (Å²) in [6.45, 7) is 10.5. The lowest BCUT2D eigenvalue weighted by atomic mass is 10.1. The molecule has 24 heavy (non-hydrogen) atoms. The molecular weight excluding hydrogens is 413 g/mol. The van der Waals surface area contributed by atoms with Crippen LogP contribution in [0.4, 0.5) is 0 Å². The molecule has 1 aliphatic heterocycles. The van der Waals surface area contributed by atoms with Gasteiger partial charge in [-0.05, 0) is 44.7 Å². The van der Waals surface area contributed by atoms with Crippen LogP contribution in [0.15, 0.2) is 34.8 Å². The smallest absolute Gasteiger partial charge is 0.191 e. The topological polar surface area (TPSA) is 45.7 Å². The summed E-state index contributed by atoms with van der Waals surface area (Å²) in [4.78, 5) is 4.71. The van der Waals surface area contributed by atoms with Gasteiger partial charge in [-0.25, -0.2) is 4.99 Å². The summed E-state index contributed by atoms with van der Waals surface area (Å²) in [5.74, 6) is 0.889. The number of hydrogen-bond donors (Lipinski definition) is 2. The van der Waals surface area contributed by atoms with E-state index in [9.17, 15) is 0 Å². The molecule has 0 bridgehead atoms. The van der Waals surface area contributed by atoms with E-state index in [1.54, 1.807) is 0 Å². The van der Waals surface area contributed by atoms with Gasteiger partial charge in [0, 0.05) is 13.1 Å². The number of rotatable bonds is 6. The van der Waals surface area contributed by atoms with Crippen LogP contribution in [0.3, 0.4) is 0 Å². The molecular formula is C19H30IN3O. The van der Waals surface area contributed by atoms with Crippen molar-refractivity contribution in [2.45, 2.75) is 40.2 Å². The Labute approximate surface area is 163 Å². The fourth-order valence-electron chi connectivity index (χ4n) is 2.66. The minimum atomic E-state index is 0. The molecule has 1 aromatic rings. The first kappa shape index (κ1) is 21.0. The molecule has 0 saturated heterocycles. The lowest BCUT2D eigenvalue weighted by Gasteiger charge is -2.15. The summed E-state index contributed by atoms with van der Waals surface area (Å²) >= 11 is 0. The molecule has 0 unspecified atom stereocenters. The molecule has 0 aromatic heterocycles. The summed E-state index contributed by atoms with van der Waals surface area (Å²) in [5, 5.41) is 6.74. The van der Waals surface area contributed by atoms with Gasteiger partial charge in [-0.3, -0.25) is 0 Å². The molecule has 5 heteroatoms. The van der Waals surface area contributed by atoms with Crippen molar-refractivity contribution >= 4 is 29.9 Å². The van der Waals surface area contributed by atoms with Gasteiger partial charge in [-0.1, -0.05) is 35.4 Å². The van der Waals surface area contributed by atoms with Crippen LogP contribution in [0.5, 0.6) is 0 Å². The first-order chi connectivity index (χ1) is 11.2. The van der Waals surface area contributed by atoms with Gasteiger partial charge >= 0.3 is 0 Å². The number of ether oxygens (including phenoxy) is 1. The fraction of sp³-hybridized carbons (Fsp3) is 0.526. The molecule has 2 N–H and O–H groups in total. The molecule has 1 heterocycles. The second kappa shape index (κ2) is 11.5. The van der Waals surface area contributed by atoms with Gasteiger partial charge in [0.2, 0.25) is 0 Å². The van der Waals surface area contributed by atoms with Gasteiger partial charge in [0.1, 0.15) is 0 Å². The highest BCUT2D eigenvalue weighted by Gasteiger charge is 2.04. The third kappa shape index (κ3) is 7.21. The second-order valence-electron chi connectivity index (χ2n) is 5.99. The average Bonchev–Trinajstić information content (AvgIpc) is 2.55. The standard InChI is InChI=1S/C19H29N3O.HI/c1-4-20-19(21-10-7-17-8-11-23-12-9-17)22-14-18-6-5-15(2)13-16(18)3;/h5-6,8,13H,4,7,9-12,14H2,1-3H3,(H2,20,21,22);1H. The van der Waals surface area contributed by atoms with E-state index in [1.165, 1.54) is 22.3 Å². The van der Waals surface area contributed by atoms with Gasteiger partial charge in [-0.15, -0.1) is 24.0 Å². The maximum atomic E-state index is 5.34. The van der Waals surface area contributed by atoms with Crippen LogP contribution in [0.2, 0.25) is 0 Å². The zero-order valence-corrected chi connectivity index (χ0v) is 17.4. The molecule has 0 spiro atoms. The van der Waals surface area contributed by atoms with Gasteiger partial charge in [-0.2, -0.15) is 0 Å². The number of guanidine groups is 1. The maximum absolute atomic E-state index is 5.34. The normalized spacial score (nSPS) is 14.6. The summed E-state index contributed by atoms with van der Waals surface area (Å²) < 4.78 is 5.34. The van der Waals surface area contributed by atoms with E-state index in [-0.39, 0.29) is 24.0 Å². The first-order valence-electron chi connectivity index (χ1n) is 8.53. The van der Waals surface area contributed by atoms with Crippen molar-refractivity contribution < 1.29 is 4.74 Å². The molecule has 0 amide bonds. The average molecular weight is 443 g/mol. The Morgan fingerprint density at radius 1 is 1.25 bits per heavy atom. The summed E-state index contributed by atoms with van der Waals surface area (Å²) in [6.07, 6.45) is 4.31. The highest BCUT2D eigenvalue weighted by atomic mass is 127. The van der Waals surface area contributed by atoms with Crippen LogP contribution in [0.25, 0.3) is 0 Å². The number of nitrogens with zero attached hydrogens (tertiary/aromatic N) is 1. The van der Waals surface area contributed by atoms with Crippen molar-refractivity contribution in [2.75, 3.05) is 26.3 Å². The minimum Gasteiger partial charge on any atom is -0.377 e. The quantitative estimate of drug-likeness (QED) is 0.305. The molecule has 134 valence electrons. The van der Waals surface area contributed by atoms with E-state index in [0.29, 0.717) is 6.54 Å². The zero-order valence-electron chi connectivity index (χ0n) is 15.0. The van der Waals surface area contributed by atoms with Crippen LogP contribution in [0.1, 0.15) is 36.5 Å². The first-order valence-corrected chi connectivity index (χ1v) is 8.53. The van der Waals surface area contributed by atoms with E-state index in [0.717, 1.165) is 45.1 Å². The minimum absolute atomic E-state index is 0. The van der Waals surface area contributed by atoms with E-state index < -0.39 is 0 Å². The zero-order chi connectivity index (χ0) is 16.5. The number of aryl methyl sites for hydroxylation is 2.